The molecule has 0 aromatic carbocycles. The Morgan fingerprint density at radius 2 is 2.00 bits per heavy atom. The normalized spacial score (nSPS) is 31.8. The Morgan fingerprint density at radius 1 is 1.30 bits per heavy atom. The van der Waals surface area contributed by atoms with Crippen molar-refractivity contribution in [2.75, 3.05) is 20.2 Å². The van der Waals surface area contributed by atoms with E-state index in [0.29, 0.717) is 6.04 Å². The SMILES string of the molecule is CN(CCC(F)(F)F)C1CCCC(CO)(NC2CC2)C1. The van der Waals surface area contributed by atoms with E-state index in [0.717, 1.165) is 38.5 Å². The van der Waals surface area contributed by atoms with E-state index in [1.807, 2.05) is 4.90 Å². The minimum atomic E-state index is -4.09. The minimum Gasteiger partial charge on any atom is -0.394 e. The molecule has 118 valence electrons. The highest BCUT2D eigenvalue weighted by Gasteiger charge is 2.41. The van der Waals surface area contributed by atoms with Crippen molar-refractivity contribution in [1.29, 1.82) is 0 Å². The van der Waals surface area contributed by atoms with Crippen molar-refractivity contribution < 1.29 is 18.3 Å². The molecule has 0 saturated heterocycles. The van der Waals surface area contributed by atoms with Gasteiger partial charge in [0, 0.05) is 24.2 Å². The van der Waals surface area contributed by atoms with E-state index in [9.17, 15) is 18.3 Å². The third kappa shape index (κ3) is 4.60. The van der Waals surface area contributed by atoms with Gasteiger partial charge < -0.3 is 15.3 Å². The molecular formula is C14H25F3N2O. The molecule has 2 aliphatic carbocycles. The summed E-state index contributed by atoms with van der Waals surface area (Å²) in [5.74, 6) is 0. The lowest BCUT2D eigenvalue weighted by molar-refractivity contribution is -0.139. The van der Waals surface area contributed by atoms with Gasteiger partial charge in [-0.3, -0.25) is 0 Å². The molecule has 0 amide bonds. The fraction of sp³-hybridized carbons (Fsp3) is 1.00. The first-order chi connectivity index (χ1) is 9.34. The zero-order chi connectivity index (χ0) is 14.8. The van der Waals surface area contributed by atoms with Gasteiger partial charge in [0.05, 0.1) is 13.0 Å². The van der Waals surface area contributed by atoms with Gasteiger partial charge in [-0.25, -0.2) is 0 Å². The van der Waals surface area contributed by atoms with Crippen molar-refractivity contribution in [3.05, 3.63) is 0 Å². The second kappa shape index (κ2) is 6.20. The Kier molecular flexibility index (Phi) is 4.97. The van der Waals surface area contributed by atoms with E-state index < -0.39 is 12.6 Å². The van der Waals surface area contributed by atoms with E-state index in [-0.39, 0.29) is 24.7 Å². The van der Waals surface area contributed by atoms with Crippen LogP contribution in [-0.2, 0) is 0 Å². The highest BCUT2D eigenvalue weighted by atomic mass is 19.4. The summed E-state index contributed by atoms with van der Waals surface area (Å²) in [5.41, 5.74) is -0.281. The summed E-state index contributed by atoms with van der Waals surface area (Å²) < 4.78 is 36.9. The smallest absolute Gasteiger partial charge is 0.390 e. The average Bonchev–Trinajstić information content (AvgIpc) is 3.19. The number of hydrogen-bond acceptors (Lipinski definition) is 3. The Balaban J connectivity index is 1.87. The number of rotatable bonds is 6. The molecule has 0 aromatic rings. The van der Waals surface area contributed by atoms with Crippen LogP contribution in [0.5, 0.6) is 0 Å². The number of nitrogens with zero attached hydrogens (tertiary/aromatic N) is 1. The van der Waals surface area contributed by atoms with Crippen LogP contribution in [0.15, 0.2) is 0 Å². The topological polar surface area (TPSA) is 35.5 Å². The van der Waals surface area contributed by atoms with Gasteiger partial charge in [-0.2, -0.15) is 13.2 Å². The molecule has 3 nitrogen and oxygen atoms in total. The Labute approximate surface area is 118 Å². The van der Waals surface area contributed by atoms with Crippen molar-refractivity contribution in [3.63, 3.8) is 0 Å². The summed E-state index contributed by atoms with van der Waals surface area (Å²) in [6.07, 6.45) is 0.986. The molecule has 0 spiro atoms. The first-order valence-corrected chi connectivity index (χ1v) is 7.49. The third-order valence-corrected chi connectivity index (χ3v) is 4.58. The van der Waals surface area contributed by atoms with Gasteiger partial charge in [0.2, 0.25) is 0 Å². The molecule has 2 N–H and O–H groups in total. The molecule has 2 saturated carbocycles. The second-order valence-electron chi connectivity index (χ2n) is 6.45. The lowest BCUT2D eigenvalue weighted by atomic mass is 9.78. The van der Waals surface area contributed by atoms with Gasteiger partial charge in [0.25, 0.3) is 0 Å². The van der Waals surface area contributed by atoms with Gasteiger partial charge in [0.1, 0.15) is 0 Å². The molecule has 0 aliphatic heterocycles. The molecule has 2 atom stereocenters. The van der Waals surface area contributed by atoms with Gasteiger partial charge >= 0.3 is 6.18 Å². The van der Waals surface area contributed by atoms with Crippen LogP contribution in [0.1, 0.15) is 44.9 Å². The molecule has 2 unspecified atom stereocenters. The second-order valence-corrected chi connectivity index (χ2v) is 6.45. The van der Waals surface area contributed by atoms with Gasteiger partial charge in [-0.1, -0.05) is 0 Å². The molecule has 0 radical (unpaired) electrons. The molecule has 20 heavy (non-hydrogen) atoms. The fourth-order valence-corrected chi connectivity index (χ4v) is 3.17. The number of alkyl halides is 3. The van der Waals surface area contributed by atoms with E-state index in [2.05, 4.69) is 5.32 Å². The number of nitrogens with one attached hydrogen (secondary N) is 1. The molecule has 0 bridgehead atoms. The Hall–Kier alpha value is -0.330. The number of aliphatic hydroxyl groups excluding tert-OH is 1. The summed E-state index contributed by atoms with van der Waals surface area (Å²) in [6, 6.07) is 0.630. The van der Waals surface area contributed by atoms with Gasteiger partial charge in [-0.15, -0.1) is 0 Å². The van der Waals surface area contributed by atoms with Crippen LogP contribution in [0.25, 0.3) is 0 Å². The fourth-order valence-electron chi connectivity index (χ4n) is 3.17. The lowest BCUT2D eigenvalue weighted by Gasteiger charge is -2.44. The average molecular weight is 294 g/mol. The molecular weight excluding hydrogens is 269 g/mol. The quantitative estimate of drug-likeness (QED) is 0.789. The predicted octanol–water partition coefficient (Wildman–Crippen LogP) is 2.30. The summed E-state index contributed by atoms with van der Waals surface area (Å²) in [7, 11) is 1.76. The standard InChI is InChI=1S/C14H25F3N2O/c1-19(8-7-14(15,16)17)12-3-2-6-13(9-12,10-20)18-11-4-5-11/h11-12,18,20H,2-10H2,1H3. The summed E-state index contributed by atoms with van der Waals surface area (Å²) in [5, 5.41) is 13.2. The number of aliphatic hydroxyl groups is 1. The highest BCUT2D eigenvalue weighted by Crippen LogP contribution is 2.34. The lowest BCUT2D eigenvalue weighted by Crippen LogP contribution is -2.56. The van der Waals surface area contributed by atoms with Crippen molar-refractivity contribution >= 4 is 0 Å². The van der Waals surface area contributed by atoms with E-state index in [4.69, 9.17) is 0 Å². The van der Waals surface area contributed by atoms with Gasteiger partial charge in [0.15, 0.2) is 0 Å². The van der Waals surface area contributed by atoms with Crippen molar-refractivity contribution in [1.82, 2.24) is 10.2 Å². The first-order valence-electron chi connectivity index (χ1n) is 7.49. The number of hydrogen-bond donors (Lipinski definition) is 2. The maximum Gasteiger partial charge on any atom is 0.390 e. The van der Waals surface area contributed by atoms with E-state index in [1.165, 1.54) is 0 Å². The van der Waals surface area contributed by atoms with Crippen LogP contribution in [0.2, 0.25) is 0 Å². The predicted molar refractivity (Wildman–Crippen MR) is 71.5 cm³/mol. The van der Waals surface area contributed by atoms with Crippen LogP contribution in [-0.4, -0.2) is 54.0 Å². The van der Waals surface area contributed by atoms with Crippen LogP contribution in [0, 0.1) is 0 Å². The Bertz CT molecular complexity index is 320. The van der Waals surface area contributed by atoms with Crippen LogP contribution >= 0.6 is 0 Å². The molecule has 2 rings (SSSR count). The molecule has 2 aliphatic rings. The molecule has 0 aromatic heterocycles. The van der Waals surface area contributed by atoms with Crippen molar-refractivity contribution in [3.8, 4) is 0 Å². The summed E-state index contributed by atoms with van der Waals surface area (Å²) in [4.78, 5) is 1.81. The maximum absolute atomic E-state index is 12.3. The molecule has 2 fully saturated rings. The Morgan fingerprint density at radius 3 is 2.55 bits per heavy atom. The highest BCUT2D eigenvalue weighted by molar-refractivity contribution is 5.00. The molecule has 0 heterocycles. The minimum absolute atomic E-state index is 0.0408. The van der Waals surface area contributed by atoms with E-state index in [1.54, 1.807) is 7.05 Å². The number of halogens is 3. The summed E-state index contributed by atoms with van der Waals surface area (Å²) in [6.45, 7) is 0.117. The van der Waals surface area contributed by atoms with Crippen molar-refractivity contribution in [2.45, 2.75) is 68.7 Å². The maximum atomic E-state index is 12.3. The molecule has 6 heteroatoms. The van der Waals surface area contributed by atoms with Gasteiger partial charge in [-0.05, 0) is 45.6 Å². The zero-order valence-corrected chi connectivity index (χ0v) is 12.0. The third-order valence-electron chi connectivity index (χ3n) is 4.58. The van der Waals surface area contributed by atoms with Crippen LogP contribution in [0.4, 0.5) is 13.2 Å². The largest absolute Gasteiger partial charge is 0.394 e. The van der Waals surface area contributed by atoms with E-state index >= 15 is 0 Å². The monoisotopic (exact) mass is 294 g/mol. The van der Waals surface area contributed by atoms with Crippen LogP contribution < -0.4 is 5.32 Å². The summed E-state index contributed by atoms with van der Waals surface area (Å²) >= 11 is 0. The van der Waals surface area contributed by atoms with Crippen molar-refractivity contribution in [2.24, 2.45) is 0 Å². The zero-order valence-electron chi connectivity index (χ0n) is 12.0. The first kappa shape index (κ1) is 16.0. The van der Waals surface area contributed by atoms with Crippen LogP contribution in [0.3, 0.4) is 0 Å².